The predicted molar refractivity (Wildman–Crippen MR) is 128 cm³/mol. The van der Waals surface area contributed by atoms with Gasteiger partial charge >= 0.3 is 0 Å². The highest BCUT2D eigenvalue weighted by molar-refractivity contribution is 9.10. The standard InChI is InChI=1S/C26H22BrN3O/c27-20-5-3-4-18(14-20)24-15-19-16-28-26(29-21-10-8-17(9-11-21)12-13-31)30-25(19)23-7-2-1-6-22(23)24/h1-11,14,16,24,31H,12-13,15H2,(H,28,29,30)/t24-/m0/s1. The number of benzene rings is 3. The number of aliphatic hydroxyl groups excluding tert-OH is 1. The van der Waals surface area contributed by atoms with Crippen molar-refractivity contribution >= 4 is 27.6 Å². The first-order valence-electron chi connectivity index (χ1n) is 10.4. The van der Waals surface area contributed by atoms with Crippen molar-refractivity contribution in [3.8, 4) is 11.3 Å². The summed E-state index contributed by atoms with van der Waals surface area (Å²) in [6.45, 7) is 0.154. The van der Waals surface area contributed by atoms with Crippen LogP contribution in [-0.2, 0) is 12.8 Å². The first-order chi connectivity index (χ1) is 15.2. The lowest BCUT2D eigenvalue weighted by molar-refractivity contribution is 0.299. The lowest BCUT2D eigenvalue weighted by atomic mass is 9.78. The number of aliphatic hydroxyl groups is 1. The third-order valence-electron chi connectivity index (χ3n) is 5.74. The first-order valence-corrected chi connectivity index (χ1v) is 11.2. The summed E-state index contributed by atoms with van der Waals surface area (Å²) < 4.78 is 1.09. The number of nitrogens with one attached hydrogen (secondary N) is 1. The number of aromatic nitrogens is 2. The lowest BCUT2D eigenvalue weighted by Crippen LogP contribution is -2.15. The van der Waals surface area contributed by atoms with Gasteiger partial charge in [-0.05, 0) is 59.4 Å². The van der Waals surface area contributed by atoms with Crippen molar-refractivity contribution < 1.29 is 5.11 Å². The molecule has 31 heavy (non-hydrogen) atoms. The maximum atomic E-state index is 9.08. The number of hydrogen-bond acceptors (Lipinski definition) is 4. The van der Waals surface area contributed by atoms with Crippen LogP contribution in [0.15, 0.2) is 83.5 Å². The van der Waals surface area contributed by atoms with E-state index in [1.165, 1.54) is 11.1 Å². The van der Waals surface area contributed by atoms with Crippen LogP contribution < -0.4 is 5.32 Å². The van der Waals surface area contributed by atoms with Gasteiger partial charge in [0.2, 0.25) is 5.95 Å². The molecule has 4 nitrogen and oxygen atoms in total. The Hall–Kier alpha value is -3.02. The van der Waals surface area contributed by atoms with E-state index in [9.17, 15) is 0 Å². The zero-order valence-corrected chi connectivity index (χ0v) is 18.5. The number of anilines is 2. The minimum absolute atomic E-state index is 0.154. The fourth-order valence-corrected chi connectivity index (χ4v) is 4.65. The molecule has 0 amide bonds. The monoisotopic (exact) mass is 471 g/mol. The highest BCUT2D eigenvalue weighted by Crippen LogP contribution is 2.42. The van der Waals surface area contributed by atoms with Gasteiger partial charge in [0.15, 0.2) is 0 Å². The number of hydrogen-bond donors (Lipinski definition) is 2. The summed E-state index contributed by atoms with van der Waals surface area (Å²) in [5, 5.41) is 12.4. The Morgan fingerprint density at radius 1 is 1.00 bits per heavy atom. The fraction of sp³-hybridized carbons (Fsp3) is 0.154. The molecule has 0 saturated heterocycles. The van der Waals surface area contributed by atoms with Crippen LogP contribution in [0.1, 0.15) is 28.2 Å². The van der Waals surface area contributed by atoms with E-state index < -0.39 is 0 Å². The van der Waals surface area contributed by atoms with Crippen molar-refractivity contribution in [1.82, 2.24) is 9.97 Å². The van der Waals surface area contributed by atoms with E-state index in [0.29, 0.717) is 12.4 Å². The van der Waals surface area contributed by atoms with Crippen LogP contribution in [0.4, 0.5) is 11.6 Å². The van der Waals surface area contributed by atoms with Gasteiger partial charge in [-0.2, -0.15) is 0 Å². The predicted octanol–water partition coefficient (Wildman–Crippen LogP) is 5.87. The van der Waals surface area contributed by atoms with Crippen LogP contribution in [0, 0.1) is 0 Å². The Bertz CT molecular complexity index is 1220. The van der Waals surface area contributed by atoms with Crippen molar-refractivity contribution in [2.24, 2.45) is 0 Å². The molecule has 0 unspecified atom stereocenters. The topological polar surface area (TPSA) is 58.0 Å². The summed E-state index contributed by atoms with van der Waals surface area (Å²) in [7, 11) is 0. The van der Waals surface area contributed by atoms with E-state index in [4.69, 9.17) is 10.1 Å². The van der Waals surface area contributed by atoms with Crippen LogP contribution >= 0.6 is 15.9 Å². The van der Waals surface area contributed by atoms with Gasteiger partial charge in [0.25, 0.3) is 0 Å². The lowest BCUT2D eigenvalue weighted by Gasteiger charge is -2.27. The number of nitrogens with zero attached hydrogens (tertiary/aromatic N) is 2. The summed E-state index contributed by atoms with van der Waals surface area (Å²) in [5.41, 5.74) is 7.94. The molecule has 0 aliphatic heterocycles. The van der Waals surface area contributed by atoms with E-state index in [2.05, 4.69) is 74.8 Å². The van der Waals surface area contributed by atoms with Crippen molar-refractivity contribution in [3.05, 3.63) is 106 Å². The molecule has 0 spiro atoms. The molecule has 1 aliphatic rings. The number of rotatable bonds is 5. The summed E-state index contributed by atoms with van der Waals surface area (Å²) in [6.07, 6.45) is 3.48. The number of halogens is 1. The third kappa shape index (κ3) is 4.11. The molecule has 1 atom stereocenters. The minimum atomic E-state index is 0.154. The molecule has 0 saturated carbocycles. The van der Waals surface area contributed by atoms with Gasteiger partial charge in [0.05, 0.1) is 5.69 Å². The van der Waals surface area contributed by atoms with Gasteiger partial charge in [-0.3, -0.25) is 0 Å². The fourth-order valence-electron chi connectivity index (χ4n) is 4.23. The molecule has 1 aliphatic carbocycles. The van der Waals surface area contributed by atoms with Gasteiger partial charge in [0, 0.05) is 34.4 Å². The second-order valence-corrected chi connectivity index (χ2v) is 8.68. The van der Waals surface area contributed by atoms with Gasteiger partial charge in [-0.15, -0.1) is 0 Å². The molecule has 5 rings (SSSR count). The molecule has 0 fully saturated rings. The van der Waals surface area contributed by atoms with Crippen molar-refractivity contribution in [2.45, 2.75) is 18.8 Å². The molecule has 0 radical (unpaired) electrons. The molecular weight excluding hydrogens is 450 g/mol. The summed E-state index contributed by atoms with van der Waals surface area (Å²) in [5.74, 6) is 0.868. The van der Waals surface area contributed by atoms with Crippen molar-refractivity contribution in [3.63, 3.8) is 0 Å². The molecule has 5 heteroatoms. The normalized spacial score (nSPS) is 14.6. The van der Waals surface area contributed by atoms with Crippen molar-refractivity contribution in [2.75, 3.05) is 11.9 Å². The van der Waals surface area contributed by atoms with Crippen LogP contribution in [0.25, 0.3) is 11.3 Å². The number of fused-ring (bicyclic) bond motifs is 3. The molecule has 1 aromatic heterocycles. The Morgan fingerprint density at radius 2 is 1.84 bits per heavy atom. The molecule has 0 bridgehead atoms. The van der Waals surface area contributed by atoms with Gasteiger partial charge < -0.3 is 10.4 Å². The molecule has 1 heterocycles. The second-order valence-electron chi connectivity index (χ2n) is 7.76. The van der Waals surface area contributed by atoms with E-state index >= 15 is 0 Å². The average molecular weight is 472 g/mol. The van der Waals surface area contributed by atoms with Crippen LogP contribution in [0.3, 0.4) is 0 Å². The van der Waals surface area contributed by atoms with E-state index in [0.717, 1.165) is 39.0 Å². The largest absolute Gasteiger partial charge is 0.396 e. The van der Waals surface area contributed by atoms with Gasteiger partial charge in [0.1, 0.15) is 0 Å². The van der Waals surface area contributed by atoms with E-state index in [1.807, 2.05) is 30.5 Å². The molecule has 4 aromatic rings. The van der Waals surface area contributed by atoms with Gasteiger partial charge in [-0.25, -0.2) is 9.97 Å². The summed E-state index contributed by atoms with van der Waals surface area (Å²) in [4.78, 5) is 9.48. The first kappa shape index (κ1) is 19.9. The van der Waals surface area contributed by atoms with E-state index in [-0.39, 0.29) is 12.5 Å². The Kier molecular flexibility index (Phi) is 5.53. The van der Waals surface area contributed by atoms with Crippen LogP contribution in [0.5, 0.6) is 0 Å². The summed E-state index contributed by atoms with van der Waals surface area (Å²) >= 11 is 3.61. The van der Waals surface area contributed by atoms with Crippen LogP contribution in [-0.4, -0.2) is 21.7 Å². The Balaban J connectivity index is 1.48. The summed E-state index contributed by atoms with van der Waals surface area (Å²) in [6, 6.07) is 25.1. The zero-order chi connectivity index (χ0) is 21.2. The molecule has 2 N–H and O–H groups in total. The molecule has 3 aromatic carbocycles. The smallest absolute Gasteiger partial charge is 0.227 e. The molecule has 154 valence electrons. The highest BCUT2D eigenvalue weighted by atomic mass is 79.9. The minimum Gasteiger partial charge on any atom is -0.396 e. The SMILES string of the molecule is OCCc1ccc(Nc2ncc3c(n2)-c2ccccc2[C@H](c2cccc(Br)c2)C3)cc1. The zero-order valence-electron chi connectivity index (χ0n) is 16.9. The average Bonchev–Trinajstić information content (AvgIpc) is 2.80. The Labute approximate surface area is 190 Å². The maximum Gasteiger partial charge on any atom is 0.227 e. The molecular formula is C26H22BrN3O. The maximum absolute atomic E-state index is 9.08. The van der Waals surface area contributed by atoms with Crippen molar-refractivity contribution in [1.29, 1.82) is 0 Å². The third-order valence-corrected chi connectivity index (χ3v) is 6.23. The quantitative estimate of drug-likeness (QED) is 0.381. The second kappa shape index (κ2) is 8.61. The Morgan fingerprint density at radius 3 is 2.65 bits per heavy atom. The highest BCUT2D eigenvalue weighted by Gasteiger charge is 2.27. The van der Waals surface area contributed by atoms with Gasteiger partial charge in [-0.1, -0.05) is 64.5 Å². The van der Waals surface area contributed by atoms with E-state index in [1.54, 1.807) is 0 Å². The van der Waals surface area contributed by atoms with Crippen LogP contribution in [0.2, 0.25) is 0 Å².